The number of hydrogen-bond acceptors (Lipinski definition) is 4. The van der Waals surface area contributed by atoms with E-state index >= 15 is 0 Å². The van der Waals surface area contributed by atoms with Gasteiger partial charge in [-0.15, -0.1) is 0 Å². The van der Waals surface area contributed by atoms with Gasteiger partial charge in [0.15, 0.2) is 0 Å². The summed E-state index contributed by atoms with van der Waals surface area (Å²) in [6.45, 7) is 5.73. The zero-order valence-corrected chi connectivity index (χ0v) is 17.5. The Balaban J connectivity index is 1.94. The minimum absolute atomic E-state index is 0.652. The average Bonchev–Trinajstić information content (AvgIpc) is 3.09. The van der Waals surface area contributed by atoms with Crippen molar-refractivity contribution < 1.29 is 0 Å². The second-order valence-corrected chi connectivity index (χ2v) is 7.41. The molecule has 2 aromatic heterocycles. The van der Waals surface area contributed by atoms with Crippen molar-refractivity contribution in [3.05, 3.63) is 77.6 Å². The van der Waals surface area contributed by atoms with E-state index in [4.69, 9.17) is 4.98 Å². The number of rotatable bonds is 6. The van der Waals surface area contributed by atoms with Gasteiger partial charge in [0, 0.05) is 35.8 Å². The van der Waals surface area contributed by atoms with Crippen molar-refractivity contribution in [2.24, 2.45) is 7.05 Å². The van der Waals surface area contributed by atoms with E-state index in [0.717, 1.165) is 39.8 Å². The molecule has 4 aromatic rings. The lowest BCUT2D eigenvalue weighted by molar-refractivity contribution is 0.537. The summed E-state index contributed by atoms with van der Waals surface area (Å²) in [6, 6.07) is 20.6. The lowest BCUT2D eigenvalue weighted by atomic mass is 9.95. The van der Waals surface area contributed by atoms with Crippen LogP contribution in [-0.2, 0) is 13.6 Å². The summed E-state index contributed by atoms with van der Waals surface area (Å²) in [4.78, 5) is 4.87. The highest BCUT2D eigenvalue weighted by Gasteiger charge is 2.17. The Hall–Kier alpha value is -3.46. The lowest BCUT2D eigenvalue weighted by Crippen LogP contribution is -2.31. The maximum absolute atomic E-state index is 9.19. The highest BCUT2D eigenvalue weighted by Crippen LogP contribution is 2.37. The van der Waals surface area contributed by atoms with Gasteiger partial charge in [-0.3, -0.25) is 15.8 Å². The molecule has 5 nitrogen and oxygen atoms in total. The van der Waals surface area contributed by atoms with Crippen LogP contribution in [0.4, 0.5) is 0 Å². The SMILES string of the molecule is CCNNCc1cc2c(-c3ccc(C#N)cc3)c(-c3ccc(C)cc3)ncc2n1C. The van der Waals surface area contributed by atoms with Gasteiger partial charge in [0.2, 0.25) is 0 Å². The first-order valence-corrected chi connectivity index (χ1v) is 10.1. The van der Waals surface area contributed by atoms with Crippen LogP contribution in [0.3, 0.4) is 0 Å². The van der Waals surface area contributed by atoms with E-state index in [1.165, 1.54) is 11.3 Å². The smallest absolute Gasteiger partial charge is 0.0991 e. The quantitative estimate of drug-likeness (QED) is 0.367. The second kappa shape index (κ2) is 8.50. The number of nitriles is 1. The maximum atomic E-state index is 9.19. The fourth-order valence-electron chi connectivity index (χ4n) is 3.73. The lowest BCUT2D eigenvalue weighted by Gasteiger charge is -2.12. The number of pyridine rings is 1. The van der Waals surface area contributed by atoms with Crippen LogP contribution >= 0.6 is 0 Å². The van der Waals surface area contributed by atoms with Gasteiger partial charge in [0.1, 0.15) is 0 Å². The number of hydrogen-bond donors (Lipinski definition) is 2. The molecule has 2 N–H and O–H groups in total. The molecule has 150 valence electrons. The molecule has 0 saturated carbocycles. The van der Waals surface area contributed by atoms with Crippen molar-refractivity contribution in [2.45, 2.75) is 20.4 Å². The molecule has 0 atom stereocenters. The van der Waals surface area contributed by atoms with Crippen LogP contribution in [0.15, 0.2) is 60.8 Å². The standard InChI is InChI=1S/C25H25N5/c1-4-28-29-15-21-13-22-23(30(21)3)16-27-25(20-9-5-17(2)6-10-20)24(22)19-11-7-18(14-26)8-12-19/h5-13,16,28-29H,4,15H2,1-3H3. The Labute approximate surface area is 177 Å². The summed E-state index contributed by atoms with van der Waals surface area (Å²) in [5.74, 6) is 0. The third-order valence-corrected chi connectivity index (χ3v) is 5.40. The largest absolute Gasteiger partial charge is 0.345 e. The number of nitrogens with zero attached hydrogens (tertiary/aromatic N) is 3. The Morgan fingerprint density at radius 2 is 1.70 bits per heavy atom. The highest BCUT2D eigenvalue weighted by atomic mass is 15.3. The number of aryl methyl sites for hydroxylation is 2. The normalized spacial score (nSPS) is 11.0. The Morgan fingerprint density at radius 3 is 2.37 bits per heavy atom. The minimum atomic E-state index is 0.652. The van der Waals surface area contributed by atoms with Crippen LogP contribution in [0.5, 0.6) is 0 Å². The van der Waals surface area contributed by atoms with Crippen molar-refractivity contribution in [1.82, 2.24) is 20.4 Å². The zero-order valence-electron chi connectivity index (χ0n) is 17.5. The summed E-state index contributed by atoms with van der Waals surface area (Å²) >= 11 is 0. The van der Waals surface area contributed by atoms with Crippen LogP contribution in [0, 0.1) is 18.3 Å². The minimum Gasteiger partial charge on any atom is -0.345 e. The molecular formula is C25H25N5. The molecule has 0 unspecified atom stereocenters. The predicted molar refractivity (Wildman–Crippen MR) is 122 cm³/mol. The molecule has 4 rings (SSSR count). The van der Waals surface area contributed by atoms with Gasteiger partial charge in [-0.1, -0.05) is 48.9 Å². The molecule has 0 bridgehead atoms. The van der Waals surface area contributed by atoms with Crippen molar-refractivity contribution in [2.75, 3.05) is 6.54 Å². The van der Waals surface area contributed by atoms with E-state index in [9.17, 15) is 5.26 Å². The summed E-state index contributed by atoms with van der Waals surface area (Å²) in [7, 11) is 2.07. The summed E-state index contributed by atoms with van der Waals surface area (Å²) in [5, 5.41) is 10.3. The molecular weight excluding hydrogens is 370 g/mol. The van der Waals surface area contributed by atoms with Gasteiger partial charge in [0.25, 0.3) is 0 Å². The van der Waals surface area contributed by atoms with Crippen molar-refractivity contribution in [3.8, 4) is 28.5 Å². The molecule has 0 aliphatic carbocycles. The summed E-state index contributed by atoms with van der Waals surface area (Å²) in [5.41, 5.74) is 14.7. The van der Waals surface area contributed by atoms with Crippen molar-refractivity contribution >= 4 is 10.9 Å². The number of aromatic nitrogens is 2. The molecule has 0 aliphatic rings. The maximum Gasteiger partial charge on any atom is 0.0991 e. The third-order valence-electron chi connectivity index (χ3n) is 5.40. The highest BCUT2D eigenvalue weighted by molar-refractivity contribution is 6.02. The topological polar surface area (TPSA) is 65.7 Å². The van der Waals surface area contributed by atoms with Crippen LogP contribution in [0.25, 0.3) is 33.3 Å². The van der Waals surface area contributed by atoms with Crippen molar-refractivity contribution in [3.63, 3.8) is 0 Å². The predicted octanol–water partition coefficient (Wildman–Crippen LogP) is 4.70. The van der Waals surface area contributed by atoms with Gasteiger partial charge >= 0.3 is 0 Å². The Morgan fingerprint density at radius 1 is 1.00 bits per heavy atom. The molecule has 5 heteroatoms. The average molecular weight is 396 g/mol. The van der Waals surface area contributed by atoms with Crippen molar-refractivity contribution in [1.29, 1.82) is 5.26 Å². The number of fused-ring (bicyclic) bond motifs is 1. The first-order valence-electron chi connectivity index (χ1n) is 10.1. The van der Waals surface area contributed by atoms with Gasteiger partial charge in [-0.05, 0) is 30.7 Å². The van der Waals surface area contributed by atoms with Crippen LogP contribution in [-0.4, -0.2) is 16.1 Å². The number of hydrazine groups is 1. The summed E-state index contributed by atoms with van der Waals surface area (Å²) < 4.78 is 2.18. The molecule has 0 fully saturated rings. The Bertz CT molecular complexity index is 1210. The van der Waals surface area contributed by atoms with E-state index in [0.29, 0.717) is 12.1 Å². The van der Waals surface area contributed by atoms with Gasteiger partial charge < -0.3 is 4.57 Å². The van der Waals surface area contributed by atoms with E-state index in [1.54, 1.807) is 0 Å². The van der Waals surface area contributed by atoms with Gasteiger partial charge in [-0.2, -0.15) is 5.26 Å². The third kappa shape index (κ3) is 3.71. The van der Waals surface area contributed by atoms with Crippen LogP contribution in [0.2, 0.25) is 0 Å². The van der Waals surface area contributed by atoms with Gasteiger partial charge in [-0.25, -0.2) is 0 Å². The molecule has 0 radical (unpaired) electrons. The van der Waals surface area contributed by atoms with E-state index in [2.05, 4.69) is 72.7 Å². The van der Waals surface area contributed by atoms with E-state index in [-0.39, 0.29) is 0 Å². The first-order chi connectivity index (χ1) is 14.6. The number of nitrogens with one attached hydrogen (secondary N) is 2. The molecule has 0 saturated heterocycles. The fraction of sp³-hybridized carbons (Fsp3) is 0.200. The second-order valence-electron chi connectivity index (χ2n) is 7.41. The Kier molecular flexibility index (Phi) is 5.62. The van der Waals surface area contributed by atoms with Gasteiger partial charge in [0.05, 0.1) is 35.6 Å². The molecule has 0 aliphatic heterocycles. The van der Waals surface area contributed by atoms with E-state index < -0.39 is 0 Å². The molecule has 2 heterocycles. The number of benzene rings is 2. The molecule has 0 spiro atoms. The monoisotopic (exact) mass is 395 g/mol. The fourth-order valence-corrected chi connectivity index (χ4v) is 3.73. The van der Waals surface area contributed by atoms with E-state index in [1.807, 2.05) is 30.5 Å². The molecule has 30 heavy (non-hydrogen) atoms. The van der Waals surface area contributed by atoms with Crippen LogP contribution in [0.1, 0.15) is 23.7 Å². The van der Waals surface area contributed by atoms with Crippen LogP contribution < -0.4 is 10.9 Å². The first kappa shape index (κ1) is 19.8. The zero-order chi connectivity index (χ0) is 21.1. The summed E-state index contributed by atoms with van der Waals surface area (Å²) in [6.07, 6.45) is 1.95. The molecule has 0 amide bonds. The molecule has 2 aromatic carbocycles.